The van der Waals surface area contributed by atoms with E-state index in [1.165, 1.54) is 26.3 Å². The maximum absolute atomic E-state index is 14.4. The maximum atomic E-state index is 14.4. The van der Waals surface area contributed by atoms with Gasteiger partial charge in [-0.25, -0.2) is 15.0 Å². The largest absolute Gasteiger partial charge is 0.481 e. The molecule has 246 valence electrons. The van der Waals surface area contributed by atoms with Crippen LogP contribution in [-0.2, 0) is 32.9 Å². The molecule has 1 saturated heterocycles. The molecule has 1 fully saturated rings. The Labute approximate surface area is 252 Å². The molecular weight excluding hydrogens is 587 g/mol. The molecular formula is C27H47N4O11P. The zero-order valence-electron chi connectivity index (χ0n) is 26.1. The van der Waals surface area contributed by atoms with Crippen molar-refractivity contribution in [2.45, 2.75) is 97.4 Å². The van der Waals surface area contributed by atoms with Crippen LogP contribution in [0.5, 0.6) is 5.88 Å². The van der Waals surface area contributed by atoms with Crippen molar-refractivity contribution < 1.29 is 47.8 Å². The Morgan fingerprint density at radius 2 is 1.60 bits per heavy atom. The Morgan fingerprint density at radius 1 is 1.09 bits per heavy atom. The molecule has 0 aliphatic carbocycles. The summed E-state index contributed by atoms with van der Waals surface area (Å²) in [5, 5.41) is 27.5. The topological polar surface area (TPSA) is 197 Å². The molecule has 6 atom stereocenters. The SMILES string of the molecule is CCOC(=O)C(CC(C)C)NP(=O)(NC(CC(C)C)C(=O)OCC)OCC1OC(n2ccc(OC)nc2=O)C(C)(O)C1O. The summed E-state index contributed by atoms with van der Waals surface area (Å²) in [5.74, 6) is -1.31. The molecule has 0 amide bonds. The average Bonchev–Trinajstić information content (AvgIpc) is 3.14. The van der Waals surface area contributed by atoms with Gasteiger partial charge in [0.1, 0.15) is 29.9 Å². The number of hydrogen-bond donors (Lipinski definition) is 4. The van der Waals surface area contributed by atoms with E-state index in [1.807, 2.05) is 27.7 Å². The van der Waals surface area contributed by atoms with Gasteiger partial charge in [-0.3, -0.25) is 18.7 Å². The van der Waals surface area contributed by atoms with Gasteiger partial charge in [0.05, 0.1) is 26.9 Å². The third-order valence-electron chi connectivity index (χ3n) is 6.65. The van der Waals surface area contributed by atoms with Gasteiger partial charge in [0.15, 0.2) is 6.23 Å². The number of aliphatic hydroxyl groups excluding tert-OH is 1. The molecule has 0 spiro atoms. The van der Waals surface area contributed by atoms with Crippen LogP contribution in [0.2, 0.25) is 0 Å². The minimum atomic E-state index is -4.30. The second kappa shape index (κ2) is 16.1. The molecule has 1 aliphatic rings. The smallest absolute Gasteiger partial charge is 0.353 e. The number of rotatable bonds is 17. The summed E-state index contributed by atoms with van der Waals surface area (Å²) in [4.78, 5) is 41.9. The molecule has 1 aromatic heterocycles. The minimum Gasteiger partial charge on any atom is -0.481 e. The number of nitrogens with one attached hydrogen (secondary N) is 2. The van der Waals surface area contributed by atoms with Crippen LogP contribution in [0.3, 0.4) is 0 Å². The van der Waals surface area contributed by atoms with Gasteiger partial charge in [-0.1, -0.05) is 27.7 Å². The van der Waals surface area contributed by atoms with Crippen molar-refractivity contribution in [1.82, 2.24) is 19.7 Å². The van der Waals surface area contributed by atoms with Gasteiger partial charge in [0.25, 0.3) is 0 Å². The van der Waals surface area contributed by atoms with Crippen LogP contribution >= 0.6 is 7.67 Å². The molecule has 15 nitrogen and oxygen atoms in total. The van der Waals surface area contributed by atoms with E-state index in [9.17, 15) is 29.2 Å². The van der Waals surface area contributed by atoms with E-state index >= 15 is 0 Å². The molecule has 1 aliphatic heterocycles. The summed E-state index contributed by atoms with van der Waals surface area (Å²) in [6.07, 6.45) is -2.52. The molecule has 4 N–H and O–H groups in total. The summed E-state index contributed by atoms with van der Waals surface area (Å²) in [6.45, 7) is 11.6. The minimum absolute atomic E-state index is 0.0147. The van der Waals surface area contributed by atoms with Crippen LogP contribution in [0.4, 0.5) is 0 Å². The van der Waals surface area contributed by atoms with Crippen LogP contribution in [0.25, 0.3) is 0 Å². The van der Waals surface area contributed by atoms with E-state index in [0.717, 1.165) is 4.57 Å². The summed E-state index contributed by atoms with van der Waals surface area (Å²) < 4.78 is 42.3. The van der Waals surface area contributed by atoms with Crippen LogP contribution in [0.1, 0.15) is 67.5 Å². The lowest BCUT2D eigenvalue weighted by molar-refractivity contribution is -0.146. The van der Waals surface area contributed by atoms with Crippen molar-refractivity contribution in [3.8, 4) is 5.88 Å². The lowest BCUT2D eigenvalue weighted by Gasteiger charge is -2.30. The fraction of sp³-hybridized carbons (Fsp3) is 0.778. The van der Waals surface area contributed by atoms with Crippen molar-refractivity contribution in [2.75, 3.05) is 26.9 Å². The number of nitrogens with zero attached hydrogens (tertiary/aromatic N) is 2. The van der Waals surface area contributed by atoms with Crippen LogP contribution in [-0.4, -0.2) is 88.5 Å². The van der Waals surface area contributed by atoms with Crippen molar-refractivity contribution >= 4 is 19.6 Å². The number of carbonyl (C=O) groups excluding carboxylic acids is 2. The number of aromatic nitrogens is 2. The standard InChI is InChI=1S/C27H47N4O11P/c1-9-39-23(33)18(13-16(3)4)29-43(37,30-19(14-17(5)6)24(34)40-10-2)41-15-20-22(32)27(7,36)25(42-20)31-12-11-21(38-8)28-26(31)35/h11-12,16-20,22,25,32,36H,9-10,13-15H2,1-8H3,(H2,29,30,37). The number of hydrogen-bond acceptors (Lipinski definition) is 12. The fourth-order valence-electron chi connectivity index (χ4n) is 4.60. The molecule has 2 rings (SSSR count). The van der Waals surface area contributed by atoms with E-state index in [2.05, 4.69) is 15.2 Å². The first-order valence-corrected chi connectivity index (χ1v) is 16.0. The highest BCUT2D eigenvalue weighted by atomic mass is 31.2. The van der Waals surface area contributed by atoms with Crippen LogP contribution in [0.15, 0.2) is 17.1 Å². The Kier molecular flexibility index (Phi) is 13.8. The van der Waals surface area contributed by atoms with E-state index in [0.29, 0.717) is 0 Å². The predicted molar refractivity (Wildman–Crippen MR) is 155 cm³/mol. The summed E-state index contributed by atoms with van der Waals surface area (Å²) in [7, 11) is -2.96. The summed E-state index contributed by atoms with van der Waals surface area (Å²) >= 11 is 0. The quantitative estimate of drug-likeness (QED) is 0.142. The average molecular weight is 635 g/mol. The lowest BCUT2D eigenvalue weighted by Crippen LogP contribution is -2.47. The van der Waals surface area contributed by atoms with Crippen molar-refractivity contribution in [1.29, 1.82) is 0 Å². The van der Waals surface area contributed by atoms with Crippen molar-refractivity contribution in [3.05, 3.63) is 22.7 Å². The number of carbonyl (C=O) groups is 2. The Morgan fingerprint density at radius 3 is 2.02 bits per heavy atom. The zero-order chi connectivity index (χ0) is 32.5. The first-order valence-electron chi connectivity index (χ1n) is 14.4. The molecule has 1 aromatic rings. The predicted octanol–water partition coefficient (Wildman–Crippen LogP) is 1.52. The fourth-order valence-corrected chi connectivity index (χ4v) is 6.42. The summed E-state index contributed by atoms with van der Waals surface area (Å²) in [6, 6.07) is -0.767. The van der Waals surface area contributed by atoms with E-state index in [1.54, 1.807) is 13.8 Å². The number of methoxy groups -OCH3 is 1. The maximum Gasteiger partial charge on any atom is 0.353 e. The second-order valence-electron chi connectivity index (χ2n) is 11.3. The van der Waals surface area contributed by atoms with Gasteiger partial charge in [0.2, 0.25) is 5.88 Å². The van der Waals surface area contributed by atoms with Gasteiger partial charge in [-0.15, -0.1) is 0 Å². The molecule has 0 aromatic carbocycles. The molecule has 6 unspecified atom stereocenters. The monoisotopic (exact) mass is 634 g/mol. The molecule has 16 heteroatoms. The van der Waals surface area contributed by atoms with Crippen LogP contribution in [0, 0.1) is 11.8 Å². The van der Waals surface area contributed by atoms with Gasteiger partial charge < -0.3 is 33.7 Å². The van der Waals surface area contributed by atoms with E-state index in [-0.39, 0.29) is 43.8 Å². The molecule has 43 heavy (non-hydrogen) atoms. The van der Waals surface area contributed by atoms with E-state index in [4.69, 9.17) is 23.5 Å². The van der Waals surface area contributed by atoms with Gasteiger partial charge in [0, 0.05) is 12.3 Å². The molecule has 2 heterocycles. The molecule has 0 bridgehead atoms. The highest BCUT2D eigenvalue weighted by Crippen LogP contribution is 2.44. The Balaban J connectivity index is 2.40. The first kappa shape index (κ1) is 36.8. The van der Waals surface area contributed by atoms with Gasteiger partial charge >= 0.3 is 25.3 Å². The Hall–Kier alpha value is -2.39. The van der Waals surface area contributed by atoms with Gasteiger partial charge in [-0.2, -0.15) is 4.98 Å². The van der Waals surface area contributed by atoms with Crippen molar-refractivity contribution in [3.63, 3.8) is 0 Å². The number of ether oxygens (including phenoxy) is 4. The number of esters is 2. The summed E-state index contributed by atoms with van der Waals surface area (Å²) in [5.41, 5.74) is -2.79. The first-order chi connectivity index (χ1) is 20.1. The normalized spacial score (nSPS) is 24.9. The Bertz CT molecular complexity index is 1140. The molecule has 0 saturated carbocycles. The zero-order valence-corrected chi connectivity index (χ0v) is 27.0. The van der Waals surface area contributed by atoms with E-state index < -0.39 is 68.0 Å². The van der Waals surface area contributed by atoms with Crippen molar-refractivity contribution in [2.24, 2.45) is 11.8 Å². The van der Waals surface area contributed by atoms with Gasteiger partial charge in [-0.05, 0) is 45.4 Å². The lowest BCUT2D eigenvalue weighted by atomic mass is 9.96. The highest BCUT2D eigenvalue weighted by molar-refractivity contribution is 7.54. The third kappa shape index (κ3) is 10.1. The molecule has 0 radical (unpaired) electrons. The van der Waals surface area contributed by atoms with Crippen LogP contribution < -0.4 is 20.6 Å². The third-order valence-corrected chi connectivity index (χ3v) is 8.47. The second-order valence-corrected chi connectivity index (χ2v) is 13.2. The highest BCUT2D eigenvalue weighted by Gasteiger charge is 2.54. The number of aliphatic hydroxyl groups is 2.